The molecule has 14 amide bonds. The van der Waals surface area contributed by atoms with Crippen molar-refractivity contribution in [3.8, 4) is 0 Å². The van der Waals surface area contributed by atoms with Gasteiger partial charge in [0.15, 0.2) is 0 Å². The Morgan fingerprint density at radius 3 is 1.87 bits per heavy atom. The summed E-state index contributed by atoms with van der Waals surface area (Å²) in [4.78, 5) is 207. The number of benzene rings is 2. The summed E-state index contributed by atoms with van der Waals surface area (Å²) < 4.78 is 0. The van der Waals surface area contributed by atoms with Crippen molar-refractivity contribution in [1.82, 2.24) is 78.7 Å². The van der Waals surface area contributed by atoms with E-state index in [-0.39, 0.29) is 86.3 Å². The molecule has 0 spiro atoms. The average Bonchev–Trinajstić information content (AvgIpc) is 1.77. The smallest absolute Gasteiger partial charge is 0.246 e. The van der Waals surface area contributed by atoms with Crippen LogP contribution in [0.2, 0.25) is 0 Å². The van der Waals surface area contributed by atoms with Crippen LogP contribution in [0, 0.1) is 11.8 Å². The van der Waals surface area contributed by atoms with Crippen molar-refractivity contribution in [3.05, 3.63) is 90.0 Å². The molecule has 0 unspecified atom stereocenters. The summed E-state index contributed by atoms with van der Waals surface area (Å²) >= 11 is 0. The number of nitrogens with two attached hydrogens (primary N) is 2. The molecule has 5 heterocycles. The molecule has 4 saturated heterocycles. The van der Waals surface area contributed by atoms with Crippen molar-refractivity contribution in [2.24, 2.45) is 23.3 Å². The van der Waals surface area contributed by atoms with Gasteiger partial charge in [-0.3, -0.25) is 67.1 Å². The first-order valence-corrected chi connectivity index (χ1v) is 38.4. The third-order valence-electron chi connectivity index (χ3n) is 17.0. The van der Waals surface area contributed by atoms with E-state index in [2.05, 4.69) is 73.8 Å². The summed E-state index contributed by atoms with van der Waals surface area (Å²) in [6, 6.07) is 2.83. The first-order chi connectivity index (χ1) is 48.3. The van der Waals surface area contributed by atoms with Gasteiger partial charge in [0.05, 0.1) is 25.5 Å². The number of aromatic amines is 1. The highest BCUT2D eigenvalue weighted by Crippen LogP contribution is 2.31. The zero-order valence-electron chi connectivity index (χ0n) is 56.5. The van der Waals surface area contributed by atoms with Gasteiger partial charge in [-0.2, -0.15) is 0 Å². The zero-order valence-corrected chi connectivity index (χ0v) is 59.7. The van der Waals surface area contributed by atoms with E-state index in [0.717, 1.165) is 59.2 Å². The monoisotopic (exact) mass is 1480 g/mol. The Morgan fingerprint density at radius 2 is 1.26 bits per heavy atom. The third-order valence-corrected chi connectivity index (χ3v) is 21.8. The molecule has 0 aliphatic carbocycles. The molecule has 101 heavy (non-hydrogen) atoms. The Bertz CT molecular complexity index is 3360. The molecule has 12 atom stereocenters. The molecule has 2 aromatic carbocycles. The molecule has 4 aliphatic rings. The van der Waals surface area contributed by atoms with Gasteiger partial charge in [0.1, 0.15) is 66.5 Å². The van der Waals surface area contributed by atoms with E-state index < -0.39 is 181 Å². The Hall–Kier alpha value is -8.45. The van der Waals surface area contributed by atoms with Crippen LogP contribution in [0.25, 0.3) is 0 Å². The van der Waals surface area contributed by atoms with Gasteiger partial charge < -0.3 is 90.3 Å². The Labute approximate surface area is 600 Å². The molecule has 1 aromatic heterocycles. The fraction of sp³-hybridized carbons (Fsp3) is 0.554. The lowest BCUT2D eigenvalue weighted by Crippen LogP contribution is -2.61. The van der Waals surface area contributed by atoms with Crippen molar-refractivity contribution in [2.75, 3.05) is 49.2 Å². The number of hydrogen-bond acceptors (Lipinski definition) is 21. The predicted molar refractivity (Wildman–Crippen MR) is 379 cm³/mol. The van der Waals surface area contributed by atoms with Crippen LogP contribution in [0.4, 0.5) is 0 Å². The highest BCUT2D eigenvalue weighted by atomic mass is 33.1. The lowest BCUT2D eigenvalue weighted by atomic mass is 9.85. The number of aliphatic hydroxyl groups excluding tert-OH is 1. The number of amides is 14. The third kappa shape index (κ3) is 24.7. The van der Waals surface area contributed by atoms with Crippen molar-refractivity contribution in [2.45, 2.75) is 164 Å². The van der Waals surface area contributed by atoms with Gasteiger partial charge in [0, 0.05) is 66.6 Å². The van der Waals surface area contributed by atoms with Gasteiger partial charge in [-0.1, -0.05) is 132 Å². The van der Waals surface area contributed by atoms with Crippen LogP contribution in [0.1, 0.15) is 102 Å². The summed E-state index contributed by atoms with van der Waals surface area (Å²) in [6.07, 6.45) is 1.91. The number of aliphatic hydroxyl groups is 1. The maximum atomic E-state index is 15.1. The maximum absolute atomic E-state index is 15.1. The van der Waals surface area contributed by atoms with Gasteiger partial charge >= 0.3 is 0 Å². The number of H-pyrrole nitrogens is 1. The Balaban J connectivity index is 1.29. The minimum absolute atomic E-state index is 0.00507. The van der Waals surface area contributed by atoms with Crippen LogP contribution < -0.4 is 75.3 Å². The van der Waals surface area contributed by atoms with Gasteiger partial charge in [-0.05, 0) is 68.0 Å². The average molecular weight is 1480 g/mol. The molecule has 0 radical (unpaired) electrons. The van der Waals surface area contributed by atoms with Gasteiger partial charge in [-0.25, -0.2) is 4.98 Å². The lowest BCUT2D eigenvalue weighted by molar-refractivity contribution is -0.142. The van der Waals surface area contributed by atoms with E-state index in [1.807, 2.05) is 60.7 Å². The topological polar surface area (TPSA) is 488 Å². The Morgan fingerprint density at radius 1 is 0.653 bits per heavy atom. The number of hydrogen-bond donors (Lipinski definition) is 16. The highest BCUT2D eigenvalue weighted by molar-refractivity contribution is 8.77. The molecule has 550 valence electrons. The molecule has 4 fully saturated rings. The van der Waals surface area contributed by atoms with Crippen LogP contribution in [-0.4, -0.2) is 224 Å². The first kappa shape index (κ1) is 79.9. The minimum Gasteiger partial charge on any atom is -0.391 e. The second-order valence-electron chi connectivity index (χ2n) is 25.7. The minimum atomic E-state index is -1.60. The van der Waals surface area contributed by atoms with Crippen LogP contribution in [-0.2, 0) is 73.5 Å². The SMILES string of the molecule is CC(C)C[C@@H]1NC(=O)[C@H](CCCCN)NC(=O)[C@H](CC(c2ccccc2)c2ccccc2)NC(=O)CNC(=O)[C@@H]2CSSC[C@H](NC1=O)C(=O)N[C@@H](Cc1cnc[nH]1)C(=O)N1C[C@H](O)C[C@H]1C(=O)N[C@H](C(N)=O)CSSC[C@H](NC(=O)[C@@H](NC(=O)CNC(=O)[C@@H]1CCC(=O)N1)C(C)C)C(=O)N2. The molecule has 32 nitrogen and oxygen atoms in total. The quantitative estimate of drug-likeness (QED) is 0.0399. The second-order valence-corrected chi connectivity index (χ2v) is 30.8. The number of rotatable bonds is 20. The van der Waals surface area contributed by atoms with Crippen molar-refractivity contribution in [1.29, 1.82) is 0 Å². The molecular formula is C65H91N17O15S4. The van der Waals surface area contributed by atoms with Crippen LogP contribution in [0.15, 0.2) is 73.2 Å². The van der Waals surface area contributed by atoms with Crippen molar-refractivity contribution in [3.63, 3.8) is 0 Å². The van der Waals surface area contributed by atoms with E-state index in [0.29, 0.717) is 18.5 Å². The van der Waals surface area contributed by atoms with Gasteiger partial charge in [-0.15, -0.1) is 0 Å². The summed E-state index contributed by atoms with van der Waals surface area (Å²) in [5.74, 6) is -14.5. The number of nitrogens with one attached hydrogen (secondary N) is 13. The van der Waals surface area contributed by atoms with Crippen LogP contribution >= 0.6 is 43.2 Å². The van der Waals surface area contributed by atoms with E-state index in [1.165, 1.54) is 12.5 Å². The number of carbonyl (C=O) groups excluding carboxylic acids is 14. The fourth-order valence-electron chi connectivity index (χ4n) is 11.6. The summed E-state index contributed by atoms with van der Waals surface area (Å²) in [5, 5.41) is 42.9. The van der Waals surface area contributed by atoms with E-state index in [1.54, 1.807) is 27.7 Å². The molecule has 4 aliphatic heterocycles. The predicted octanol–water partition coefficient (Wildman–Crippen LogP) is -2.88. The molecule has 0 saturated carbocycles. The normalized spacial score (nSPS) is 25.6. The lowest BCUT2D eigenvalue weighted by Gasteiger charge is -2.31. The fourth-order valence-corrected chi connectivity index (χ4v) is 16.3. The molecule has 2 bridgehead atoms. The Kier molecular flexibility index (Phi) is 31.4. The van der Waals surface area contributed by atoms with Crippen molar-refractivity contribution >= 4 is 126 Å². The van der Waals surface area contributed by atoms with Gasteiger partial charge in [0.25, 0.3) is 0 Å². The number of unbranched alkanes of at least 4 members (excludes halogenated alkanes) is 1. The zero-order chi connectivity index (χ0) is 73.3. The van der Waals surface area contributed by atoms with E-state index in [4.69, 9.17) is 11.5 Å². The number of imidazole rings is 1. The molecule has 7 rings (SSSR count). The molecule has 36 heteroatoms. The summed E-state index contributed by atoms with van der Waals surface area (Å²) in [6.45, 7) is 5.24. The highest BCUT2D eigenvalue weighted by Gasteiger charge is 2.44. The number of carbonyl (C=O) groups is 14. The first-order valence-electron chi connectivity index (χ1n) is 33.4. The van der Waals surface area contributed by atoms with Crippen LogP contribution in [0.3, 0.4) is 0 Å². The molecular weight excluding hydrogens is 1390 g/mol. The number of primary amides is 1. The van der Waals surface area contributed by atoms with Crippen LogP contribution in [0.5, 0.6) is 0 Å². The van der Waals surface area contributed by atoms with E-state index >= 15 is 9.59 Å². The van der Waals surface area contributed by atoms with E-state index in [9.17, 15) is 62.6 Å². The molecule has 18 N–H and O–H groups in total. The van der Waals surface area contributed by atoms with Gasteiger partial charge in [0.2, 0.25) is 82.7 Å². The summed E-state index contributed by atoms with van der Waals surface area (Å²) in [7, 11) is 3.72. The maximum Gasteiger partial charge on any atom is 0.246 e. The number of aromatic nitrogens is 2. The second kappa shape index (κ2) is 39.7. The standard InChI is InChI=1S/C65H91N17O15S4/c1-34(2)21-43-59(91)79-48-31-101-99-30-47(57(89)70-26-52(85)73-44(60(92)74-41(58(90)75-43)17-11-12-20-66)24-40(36-13-7-5-8-14-36)37-15-9-6-10-16-37)78-62(94)49(80-64(96)54(35(3)4)81-53(86)27-69-56(88)42-18-19-51(84)72-42)32-100-98-29-46(55(67)87)77-63(95)50-23-39(83)28-82(50)65(97)45(76-61(48)93)22-38-25-68-33-71-38/h5-10,13-16,25,33-35,39-50,54,83H,11-12,17-24,26-32,66H2,1-4H3,(H2,67,87)(H,68,71)(H,69,88)(H,70,89)(H,72,84)(H,73,85)(H,74,92)(H,75,90)(H,76,93)(H,77,95)(H,78,94)(H,79,91)(H,80,96)(H,81,86)/t39-,41+,42+,43+,44+,45+,46+,47+,48+,49+,50+,54+/m1/s1. The molecule has 3 aromatic rings. The van der Waals surface area contributed by atoms with Crippen molar-refractivity contribution < 1.29 is 72.2 Å². The summed E-state index contributed by atoms with van der Waals surface area (Å²) in [5.41, 5.74) is 13.6. The number of fused-ring (bicyclic) bond motifs is 6. The largest absolute Gasteiger partial charge is 0.391 e. The number of nitrogens with zero attached hydrogens (tertiary/aromatic N) is 2.